The molecular weight excluding hydrogens is 388 g/mol. The molecule has 0 spiro atoms. The van der Waals surface area contributed by atoms with E-state index in [-0.39, 0.29) is 17.9 Å². The zero-order chi connectivity index (χ0) is 20.8. The number of hydrogen-bond donors (Lipinski definition) is 2. The highest BCUT2D eigenvalue weighted by molar-refractivity contribution is 6.32. The first-order valence-electron chi connectivity index (χ1n) is 9.71. The maximum atomic E-state index is 12.5. The van der Waals surface area contributed by atoms with Crippen molar-refractivity contribution in [3.05, 3.63) is 58.9 Å². The van der Waals surface area contributed by atoms with Gasteiger partial charge in [-0.2, -0.15) is 5.26 Å². The van der Waals surface area contributed by atoms with E-state index >= 15 is 0 Å². The standard InChI is InChI=1S/C22H25ClN4O2/c1-14(2)19-12-29-13-21(27-17-6-5-15(9-24)20(23)8-17)18(19)11-26-22(28)16-4-3-7-25-10-16/h3-8,10,14,18-19,21,27H,11-13H2,1-2H3,(H,26,28). The number of anilines is 1. The van der Waals surface area contributed by atoms with Crippen molar-refractivity contribution >= 4 is 23.2 Å². The molecule has 1 aliphatic rings. The Hall–Kier alpha value is -2.62. The van der Waals surface area contributed by atoms with Crippen LogP contribution in [0.25, 0.3) is 0 Å². The molecule has 3 atom stereocenters. The summed E-state index contributed by atoms with van der Waals surface area (Å²) in [5, 5.41) is 16.0. The topological polar surface area (TPSA) is 87.0 Å². The molecule has 1 aromatic carbocycles. The summed E-state index contributed by atoms with van der Waals surface area (Å²) in [6.07, 6.45) is 3.21. The average Bonchev–Trinajstić information content (AvgIpc) is 2.73. The van der Waals surface area contributed by atoms with Crippen LogP contribution >= 0.6 is 11.6 Å². The first kappa shape index (κ1) is 21.1. The van der Waals surface area contributed by atoms with E-state index < -0.39 is 0 Å². The number of ether oxygens (including phenoxy) is 1. The normalized spacial score (nSPS) is 21.4. The largest absolute Gasteiger partial charge is 0.380 e. The second-order valence-electron chi connectivity index (χ2n) is 7.62. The predicted molar refractivity (Wildman–Crippen MR) is 113 cm³/mol. The van der Waals surface area contributed by atoms with Crippen LogP contribution < -0.4 is 10.6 Å². The lowest BCUT2D eigenvalue weighted by molar-refractivity contribution is -0.0108. The van der Waals surface area contributed by atoms with E-state index in [0.717, 1.165) is 5.69 Å². The van der Waals surface area contributed by atoms with E-state index in [1.165, 1.54) is 0 Å². The number of aromatic nitrogens is 1. The van der Waals surface area contributed by atoms with E-state index in [0.29, 0.717) is 47.7 Å². The molecule has 2 N–H and O–H groups in total. The molecule has 6 nitrogen and oxygen atoms in total. The lowest BCUT2D eigenvalue weighted by Crippen LogP contribution is -2.50. The first-order valence-corrected chi connectivity index (χ1v) is 10.1. The zero-order valence-corrected chi connectivity index (χ0v) is 17.3. The summed E-state index contributed by atoms with van der Waals surface area (Å²) >= 11 is 6.18. The number of nitrogens with one attached hydrogen (secondary N) is 2. The summed E-state index contributed by atoms with van der Waals surface area (Å²) in [7, 11) is 0. The molecule has 0 radical (unpaired) electrons. The van der Waals surface area contributed by atoms with E-state index in [2.05, 4.69) is 35.5 Å². The smallest absolute Gasteiger partial charge is 0.252 e. The molecule has 2 heterocycles. The summed E-state index contributed by atoms with van der Waals surface area (Å²) in [4.78, 5) is 16.5. The monoisotopic (exact) mass is 412 g/mol. The molecule has 29 heavy (non-hydrogen) atoms. The molecule has 2 aromatic rings. The Balaban J connectivity index is 1.74. The molecule has 0 bridgehead atoms. The van der Waals surface area contributed by atoms with Gasteiger partial charge < -0.3 is 15.4 Å². The van der Waals surface area contributed by atoms with Gasteiger partial charge >= 0.3 is 0 Å². The molecule has 1 aromatic heterocycles. The predicted octanol–water partition coefficient (Wildman–Crippen LogP) is 3.74. The number of halogens is 1. The minimum Gasteiger partial charge on any atom is -0.380 e. The molecule has 1 amide bonds. The van der Waals surface area contributed by atoms with Gasteiger partial charge in [0.05, 0.1) is 35.4 Å². The number of hydrogen-bond acceptors (Lipinski definition) is 5. The van der Waals surface area contributed by atoms with Crippen LogP contribution in [0.1, 0.15) is 29.8 Å². The van der Waals surface area contributed by atoms with Crippen molar-refractivity contribution in [2.75, 3.05) is 25.1 Å². The fourth-order valence-corrected chi connectivity index (χ4v) is 3.95. The molecule has 0 saturated carbocycles. The third-order valence-corrected chi connectivity index (χ3v) is 5.71. The van der Waals surface area contributed by atoms with Gasteiger partial charge in [-0.25, -0.2) is 0 Å². The summed E-state index contributed by atoms with van der Waals surface area (Å²) in [5.74, 6) is 0.750. The van der Waals surface area contributed by atoms with E-state index in [9.17, 15) is 4.79 Å². The number of amides is 1. The van der Waals surface area contributed by atoms with Gasteiger partial charge in [-0.05, 0) is 42.2 Å². The Bertz CT molecular complexity index is 882. The van der Waals surface area contributed by atoms with Crippen LogP contribution in [0, 0.1) is 29.1 Å². The Morgan fingerprint density at radius 2 is 2.21 bits per heavy atom. The quantitative estimate of drug-likeness (QED) is 0.754. The fraction of sp³-hybridized carbons (Fsp3) is 0.409. The SMILES string of the molecule is CC(C)C1COCC(Nc2ccc(C#N)c(Cl)c2)C1CNC(=O)c1cccnc1. The van der Waals surface area contributed by atoms with Gasteiger partial charge in [0.15, 0.2) is 0 Å². The van der Waals surface area contributed by atoms with Gasteiger partial charge in [0.2, 0.25) is 0 Å². The van der Waals surface area contributed by atoms with Gasteiger partial charge in [-0.15, -0.1) is 0 Å². The fourth-order valence-electron chi connectivity index (χ4n) is 3.73. The third-order valence-electron chi connectivity index (χ3n) is 5.39. The van der Waals surface area contributed by atoms with Crippen LogP contribution in [0.3, 0.4) is 0 Å². The minimum atomic E-state index is -0.132. The van der Waals surface area contributed by atoms with Crippen molar-refractivity contribution in [2.24, 2.45) is 17.8 Å². The van der Waals surface area contributed by atoms with Crippen molar-refractivity contribution in [3.63, 3.8) is 0 Å². The van der Waals surface area contributed by atoms with Crippen molar-refractivity contribution in [3.8, 4) is 6.07 Å². The van der Waals surface area contributed by atoms with Gasteiger partial charge in [0.1, 0.15) is 6.07 Å². The van der Waals surface area contributed by atoms with Crippen LogP contribution in [-0.2, 0) is 4.74 Å². The van der Waals surface area contributed by atoms with Gasteiger partial charge in [0, 0.05) is 30.5 Å². The second kappa shape index (κ2) is 9.73. The Kier molecular flexibility index (Phi) is 7.08. The molecule has 3 rings (SSSR count). The van der Waals surface area contributed by atoms with E-state index in [4.69, 9.17) is 21.6 Å². The molecular formula is C22H25ClN4O2. The number of nitriles is 1. The van der Waals surface area contributed by atoms with Crippen molar-refractivity contribution in [1.29, 1.82) is 5.26 Å². The molecule has 1 aliphatic heterocycles. The molecule has 7 heteroatoms. The number of benzene rings is 1. The average molecular weight is 413 g/mol. The van der Waals surface area contributed by atoms with E-state index in [1.54, 1.807) is 36.7 Å². The summed E-state index contributed by atoms with van der Waals surface area (Å²) in [6, 6.07) is 10.9. The maximum Gasteiger partial charge on any atom is 0.252 e. The summed E-state index contributed by atoms with van der Waals surface area (Å²) in [6.45, 7) is 6.07. The van der Waals surface area contributed by atoms with E-state index in [1.807, 2.05) is 6.07 Å². The molecule has 3 unspecified atom stereocenters. The summed E-state index contributed by atoms with van der Waals surface area (Å²) < 4.78 is 5.85. The van der Waals surface area contributed by atoms with Crippen LogP contribution in [0.4, 0.5) is 5.69 Å². The lowest BCUT2D eigenvalue weighted by atomic mass is 9.78. The Morgan fingerprint density at radius 3 is 2.86 bits per heavy atom. The third kappa shape index (κ3) is 5.26. The number of carbonyl (C=O) groups is 1. The zero-order valence-electron chi connectivity index (χ0n) is 16.6. The Labute approximate surface area is 176 Å². The van der Waals surface area contributed by atoms with Crippen LogP contribution in [-0.4, -0.2) is 36.7 Å². The summed E-state index contributed by atoms with van der Waals surface area (Å²) in [5.41, 5.74) is 1.82. The van der Waals surface area contributed by atoms with Crippen LogP contribution in [0.2, 0.25) is 5.02 Å². The molecule has 1 fully saturated rings. The first-order chi connectivity index (χ1) is 14.0. The molecule has 152 valence electrons. The van der Waals surface area contributed by atoms with Crippen molar-refractivity contribution in [2.45, 2.75) is 19.9 Å². The van der Waals surface area contributed by atoms with Crippen molar-refractivity contribution in [1.82, 2.24) is 10.3 Å². The molecule has 1 saturated heterocycles. The van der Waals surface area contributed by atoms with Crippen LogP contribution in [0.5, 0.6) is 0 Å². The maximum absolute atomic E-state index is 12.5. The van der Waals surface area contributed by atoms with Gasteiger partial charge in [-0.3, -0.25) is 9.78 Å². The van der Waals surface area contributed by atoms with Crippen molar-refractivity contribution < 1.29 is 9.53 Å². The van der Waals surface area contributed by atoms with Gasteiger partial charge in [-0.1, -0.05) is 25.4 Å². The highest BCUT2D eigenvalue weighted by Gasteiger charge is 2.36. The number of carbonyl (C=O) groups excluding carboxylic acids is 1. The Morgan fingerprint density at radius 1 is 1.38 bits per heavy atom. The van der Waals surface area contributed by atoms with Crippen LogP contribution in [0.15, 0.2) is 42.7 Å². The second-order valence-corrected chi connectivity index (χ2v) is 8.03. The van der Waals surface area contributed by atoms with Gasteiger partial charge in [0.25, 0.3) is 5.91 Å². The number of pyridine rings is 1. The minimum absolute atomic E-state index is 0.00866. The highest BCUT2D eigenvalue weighted by Crippen LogP contribution is 2.31. The number of nitrogens with zero attached hydrogens (tertiary/aromatic N) is 2. The molecule has 0 aliphatic carbocycles. The number of rotatable bonds is 6. The highest BCUT2D eigenvalue weighted by atomic mass is 35.5. The lowest BCUT2D eigenvalue weighted by Gasteiger charge is -2.41.